The van der Waals surface area contributed by atoms with Crippen LogP contribution in [-0.4, -0.2) is 29.9 Å². The first-order valence-electron chi connectivity index (χ1n) is 6.30. The van der Waals surface area contributed by atoms with E-state index in [9.17, 15) is 4.79 Å². The molecule has 1 N–H and O–H groups in total. The van der Waals surface area contributed by atoms with Gasteiger partial charge in [-0.3, -0.25) is 4.79 Å². The van der Waals surface area contributed by atoms with Crippen molar-refractivity contribution in [1.82, 2.24) is 4.90 Å². The van der Waals surface area contributed by atoms with Gasteiger partial charge in [0.05, 0.1) is 0 Å². The first kappa shape index (κ1) is 15.0. The molecule has 0 aliphatic heterocycles. The minimum atomic E-state index is -0.210. The van der Waals surface area contributed by atoms with Crippen molar-refractivity contribution in [1.29, 1.82) is 0 Å². The Morgan fingerprint density at radius 2 is 1.94 bits per heavy atom. The molecule has 0 fully saturated rings. The minimum absolute atomic E-state index is 0.137. The van der Waals surface area contributed by atoms with Gasteiger partial charge in [-0.05, 0) is 51.5 Å². The number of nitrogens with one attached hydrogen (secondary N) is 1. The van der Waals surface area contributed by atoms with Gasteiger partial charge in [0.15, 0.2) is 0 Å². The van der Waals surface area contributed by atoms with Crippen molar-refractivity contribution >= 4 is 27.5 Å². The van der Waals surface area contributed by atoms with Gasteiger partial charge in [-0.15, -0.1) is 0 Å². The van der Waals surface area contributed by atoms with Gasteiger partial charge in [0.2, 0.25) is 5.91 Å². The fourth-order valence-electron chi connectivity index (χ4n) is 1.94. The summed E-state index contributed by atoms with van der Waals surface area (Å²) in [5, 5.41) is 3.25. The van der Waals surface area contributed by atoms with Crippen molar-refractivity contribution in [2.45, 2.75) is 33.7 Å². The van der Waals surface area contributed by atoms with Crippen LogP contribution in [0, 0.1) is 6.92 Å². The number of hydrogen-bond acceptors (Lipinski definition) is 2. The molecule has 0 aromatic heterocycles. The number of likely N-dealkylation sites (N-methyl/N-ethyl adjacent to an activating group) is 1. The standard InChI is InChI=1S/C14H21BrN2O/c1-5-17(6-2)14(18)11(4)16-13-8-10(3)7-12(15)9-13/h7-9,11,16H,5-6H2,1-4H3. The number of carbonyl (C=O) groups excluding carboxylic acids is 1. The Bertz CT molecular complexity index is 396. The van der Waals surface area contributed by atoms with Gasteiger partial charge in [0.1, 0.15) is 6.04 Å². The van der Waals surface area contributed by atoms with Crippen LogP contribution in [0.5, 0.6) is 0 Å². The summed E-state index contributed by atoms with van der Waals surface area (Å²) in [6, 6.07) is 5.86. The number of carbonyl (C=O) groups is 1. The van der Waals surface area contributed by atoms with Crippen molar-refractivity contribution in [3.8, 4) is 0 Å². The summed E-state index contributed by atoms with van der Waals surface area (Å²) in [6.45, 7) is 9.43. The van der Waals surface area contributed by atoms with Gasteiger partial charge in [-0.2, -0.15) is 0 Å². The van der Waals surface area contributed by atoms with Crippen LogP contribution in [-0.2, 0) is 4.79 Å². The Labute approximate surface area is 118 Å². The maximum Gasteiger partial charge on any atom is 0.244 e. The van der Waals surface area contributed by atoms with Crippen molar-refractivity contribution in [3.63, 3.8) is 0 Å². The van der Waals surface area contributed by atoms with Gasteiger partial charge < -0.3 is 10.2 Å². The third-order valence-electron chi connectivity index (χ3n) is 2.87. The van der Waals surface area contributed by atoms with E-state index >= 15 is 0 Å². The van der Waals surface area contributed by atoms with E-state index in [1.807, 2.05) is 50.8 Å². The Morgan fingerprint density at radius 3 is 2.44 bits per heavy atom. The average Bonchev–Trinajstić information content (AvgIpc) is 2.28. The highest BCUT2D eigenvalue weighted by Crippen LogP contribution is 2.20. The number of amides is 1. The van der Waals surface area contributed by atoms with Gasteiger partial charge in [-0.1, -0.05) is 15.9 Å². The Balaban J connectivity index is 2.74. The topological polar surface area (TPSA) is 32.3 Å². The quantitative estimate of drug-likeness (QED) is 0.903. The molecule has 1 atom stereocenters. The molecule has 3 nitrogen and oxygen atoms in total. The minimum Gasteiger partial charge on any atom is -0.374 e. The summed E-state index contributed by atoms with van der Waals surface area (Å²) in [5.74, 6) is 0.137. The molecular formula is C14H21BrN2O. The predicted octanol–water partition coefficient (Wildman–Crippen LogP) is 3.43. The number of nitrogens with zero attached hydrogens (tertiary/aromatic N) is 1. The monoisotopic (exact) mass is 312 g/mol. The molecule has 1 aromatic carbocycles. The maximum atomic E-state index is 12.1. The number of anilines is 1. The second-order valence-corrected chi connectivity index (χ2v) is 5.31. The van der Waals surface area contributed by atoms with Crippen LogP contribution < -0.4 is 5.32 Å². The summed E-state index contributed by atoms with van der Waals surface area (Å²) >= 11 is 3.46. The lowest BCUT2D eigenvalue weighted by atomic mass is 10.2. The SMILES string of the molecule is CCN(CC)C(=O)C(C)Nc1cc(C)cc(Br)c1. The van der Waals surface area contributed by atoms with E-state index in [1.54, 1.807) is 0 Å². The first-order chi connectivity index (χ1) is 8.47. The van der Waals surface area contributed by atoms with Crippen LogP contribution in [0.1, 0.15) is 26.3 Å². The largest absolute Gasteiger partial charge is 0.374 e. The molecule has 0 bridgehead atoms. The van der Waals surface area contributed by atoms with Crippen LogP contribution in [0.2, 0.25) is 0 Å². The average molecular weight is 313 g/mol. The van der Waals surface area contributed by atoms with E-state index in [0.29, 0.717) is 0 Å². The normalized spacial score (nSPS) is 12.1. The molecule has 0 radical (unpaired) electrons. The third-order valence-corrected chi connectivity index (χ3v) is 3.33. The van der Waals surface area contributed by atoms with Crippen LogP contribution in [0.25, 0.3) is 0 Å². The second kappa shape index (κ2) is 6.78. The number of aryl methyl sites for hydroxylation is 1. The van der Waals surface area contributed by atoms with Gasteiger partial charge in [0, 0.05) is 23.2 Å². The van der Waals surface area contributed by atoms with Crippen molar-refractivity contribution < 1.29 is 4.79 Å². The molecule has 0 spiro atoms. The molecule has 0 heterocycles. The zero-order valence-corrected chi connectivity index (χ0v) is 13.0. The molecule has 1 amide bonds. The number of benzene rings is 1. The van der Waals surface area contributed by atoms with Crippen molar-refractivity contribution in [2.24, 2.45) is 0 Å². The van der Waals surface area contributed by atoms with Gasteiger partial charge in [-0.25, -0.2) is 0 Å². The van der Waals surface area contributed by atoms with E-state index in [-0.39, 0.29) is 11.9 Å². The highest BCUT2D eigenvalue weighted by Gasteiger charge is 2.17. The van der Waals surface area contributed by atoms with Crippen LogP contribution in [0.15, 0.2) is 22.7 Å². The summed E-state index contributed by atoms with van der Waals surface area (Å²) in [7, 11) is 0. The van der Waals surface area contributed by atoms with Crippen molar-refractivity contribution in [2.75, 3.05) is 18.4 Å². The number of halogens is 1. The molecule has 1 aromatic rings. The molecule has 0 aliphatic rings. The first-order valence-corrected chi connectivity index (χ1v) is 7.09. The Morgan fingerprint density at radius 1 is 1.33 bits per heavy atom. The smallest absolute Gasteiger partial charge is 0.244 e. The van der Waals surface area contributed by atoms with Gasteiger partial charge >= 0.3 is 0 Å². The third kappa shape index (κ3) is 4.02. The summed E-state index contributed by atoms with van der Waals surface area (Å²) in [5.41, 5.74) is 2.13. The van der Waals surface area contributed by atoms with E-state index < -0.39 is 0 Å². The van der Waals surface area contributed by atoms with E-state index in [2.05, 4.69) is 21.2 Å². The Hall–Kier alpha value is -1.03. The molecular weight excluding hydrogens is 292 g/mol. The number of rotatable bonds is 5. The van der Waals surface area contributed by atoms with E-state index in [0.717, 1.165) is 28.8 Å². The van der Waals surface area contributed by atoms with Crippen LogP contribution in [0.3, 0.4) is 0 Å². The molecule has 0 saturated heterocycles. The summed E-state index contributed by atoms with van der Waals surface area (Å²) in [6.07, 6.45) is 0. The fourth-order valence-corrected chi connectivity index (χ4v) is 2.55. The van der Waals surface area contributed by atoms with E-state index in [4.69, 9.17) is 0 Å². The fraction of sp³-hybridized carbons (Fsp3) is 0.500. The lowest BCUT2D eigenvalue weighted by molar-refractivity contribution is -0.131. The zero-order chi connectivity index (χ0) is 13.7. The lowest BCUT2D eigenvalue weighted by Gasteiger charge is -2.24. The highest BCUT2D eigenvalue weighted by atomic mass is 79.9. The Kier molecular flexibility index (Phi) is 5.66. The maximum absolute atomic E-state index is 12.1. The van der Waals surface area contributed by atoms with Gasteiger partial charge in [0.25, 0.3) is 0 Å². The van der Waals surface area contributed by atoms with Crippen LogP contribution in [0.4, 0.5) is 5.69 Å². The lowest BCUT2D eigenvalue weighted by Crippen LogP contribution is -2.41. The molecule has 4 heteroatoms. The second-order valence-electron chi connectivity index (χ2n) is 4.39. The highest BCUT2D eigenvalue weighted by molar-refractivity contribution is 9.10. The summed E-state index contributed by atoms with van der Waals surface area (Å²) in [4.78, 5) is 14.0. The molecule has 0 aliphatic carbocycles. The predicted molar refractivity (Wildman–Crippen MR) is 79.9 cm³/mol. The van der Waals surface area contributed by atoms with E-state index in [1.165, 1.54) is 0 Å². The van der Waals surface area contributed by atoms with Crippen molar-refractivity contribution in [3.05, 3.63) is 28.2 Å². The summed E-state index contributed by atoms with van der Waals surface area (Å²) < 4.78 is 1.02. The molecule has 0 saturated carbocycles. The molecule has 18 heavy (non-hydrogen) atoms. The molecule has 1 unspecified atom stereocenters. The zero-order valence-electron chi connectivity index (χ0n) is 11.5. The number of hydrogen-bond donors (Lipinski definition) is 1. The van der Waals surface area contributed by atoms with Crippen LogP contribution >= 0.6 is 15.9 Å². The molecule has 1 rings (SSSR count). The molecule has 100 valence electrons.